The van der Waals surface area contributed by atoms with Gasteiger partial charge < -0.3 is 15.8 Å². The summed E-state index contributed by atoms with van der Waals surface area (Å²) in [6.07, 6.45) is 1.74. The molecule has 2 atom stereocenters. The number of ether oxygens (including phenoxy) is 1. The Bertz CT molecular complexity index is 432. The number of benzene rings is 1. The molecule has 112 valence electrons. The minimum Gasteiger partial charge on any atom is -0.491 e. The normalized spacial score (nSPS) is 13.9. The van der Waals surface area contributed by atoms with Crippen LogP contribution in [0.2, 0.25) is 0 Å². The Morgan fingerprint density at radius 2 is 2.05 bits per heavy atom. The van der Waals surface area contributed by atoms with Gasteiger partial charge in [0, 0.05) is 0 Å². The average molecular weight is 278 g/mol. The van der Waals surface area contributed by atoms with Crippen LogP contribution < -0.4 is 15.8 Å². The van der Waals surface area contributed by atoms with Crippen LogP contribution in [0.1, 0.15) is 52.1 Å². The predicted octanol–water partition coefficient (Wildman–Crippen LogP) is 2.78. The van der Waals surface area contributed by atoms with Crippen molar-refractivity contribution in [1.82, 2.24) is 5.32 Å². The molecule has 0 radical (unpaired) electrons. The van der Waals surface area contributed by atoms with Crippen molar-refractivity contribution in [2.24, 2.45) is 5.73 Å². The highest BCUT2D eigenvalue weighted by Crippen LogP contribution is 2.20. The molecule has 0 aliphatic heterocycles. The van der Waals surface area contributed by atoms with Crippen LogP contribution in [0.3, 0.4) is 0 Å². The van der Waals surface area contributed by atoms with Gasteiger partial charge in [-0.15, -0.1) is 0 Å². The van der Waals surface area contributed by atoms with E-state index in [1.54, 1.807) is 0 Å². The first-order chi connectivity index (χ1) is 9.43. The highest BCUT2D eigenvalue weighted by atomic mass is 16.5. The van der Waals surface area contributed by atoms with E-state index in [2.05, 4.69) is 5.32 Å². The van der Waals surface area contributed by atoms with Gasteiger partial charge in [0.2, 0.25) is 5.91 Å². The minimum absolute atomic E-state index is 0.0823. The third-order valence-electron chi connectivity index (χ3n) is 3.03. The average Bonchev–Trinajstić information content (AvgIpc) is 2.38. The molecule has 0 heterocycles. The summed E-state index contributed by atoms with van der Waals surface area (Å²) in [5, 5.41) is 2.94. The lowest BCUT2D eigenvalue weighted by Crippen LogP contribution is -2.41. The molecule has 4 nitrogen and oxygen atoms in total. The number of carbonyl (C=O) groups is 1. The van der Waals surface area contributed by atoms with E-state index in [1.807, 2.05) is 52.0 Å². The summed E-state index contributed by atoms with van der Waals surface area (Å²) in [7, 11) is 0. The van der Waals surface area contributed by atoms with E-state index >= 15 is 0 Å². The smallest absolute Gasteiger partial charge is 0.237 e. The first kappa shape index (κ1) is 16.5. The molecule has 0 bridgehead atoms. The number of hydrogen-bond acceptors (Lipinski definition) is 3. The molecule has 1 aromatic carbocycles. The van der Waals surface area contributed by atoms with E-state index in [-0.39, 0.29) is 18.1 Å². The molecule has 0 fully saturated rings. The summed E-state index contributed by atoms with van der Waals surface area (Å²) in [6, 6.07) is 7.26. The van der Waals surface area contributed by atoms with Crippen molar-refractivity contribution in [3.8, 4) is 5.75 Å². The Kier molecular flexibility index (Phi) is 6.52. The Labute approximate surface area is 121 Å². The predicted molar refractivity (Wildman–Crippen MR) is 81.6 cm³/mol. The van der Waals surface area contributed by atoms with Gasteiger partial charge in [-0.3, -0.25) is 4.79 Å². The molecule has 1 unspecified atom stereocenters. The Hall–Kier alpha value is -1.55. The number of rotatable bonds is 7. The molecule has 0 aliphatic rings. The second-order valence-corrected chi connectivity index (χ2v) is 5.36. The van der Waals surface area contributed by atoms with Gasteiger partial charge in [-0.2, -0.15) is 0 Å². The summed E-state index contributed by atoms with van der Waals surface area (Å²) >= 11 is 0. The SMILES string of the molecule is CCC[C@H](N)C(=O)NC(C)c1cccc(OC(C)C)c1. The largest absolute Gasteiger partial charge is 0.491 e. The van der Waals surface area contributed by atoms with Crippen LogP contribution in [0.25, 0.3) is 0 Å². The summed E-state index contributed by atoms with van der Waals surface area (Å²) in [5.74, 6) is 0.714. The second-order valence-electron chi connectivity index (χ2n) is 5.36. The summed E-state index contributed by atoms with van der Waals surface area (Å²) in [6.45, 7) is 7.94. The van der Waals surface area contributed by atoms with E-state index in [1.165, 1.54) is 0 Å². The lowest BCUT2D eigenvalue weighted by Gasteiger charge is -2.18. The number of amides is 1. The van der Waals surface area contributed by atoms with Crippen LogP contribution in [0.4, 0.5) is 0 Å². The van der Waals surface area contributed by atoms with Crippen molar-refractivity contribution >= 4 is 5.91 Å². The molecule has 0 spiro atoms. The van der Waals surface area contributed by atoms with Gasteiger partial charge in [0.05, 0.1) is 18.2 Å². The first-order valence-corrected chi connectivity index (χ1v) is 7.26. The molecule has 0 aromatic heterocycles. The van der Waals surface area contributed by atoms with Gasteiger partial charge in [0.25, 0.3) is 0 Å². The molecule has 1 amide bonds. The molecule has 1 rings (SSSR count). The zero-order valence-corrected chi connectivity index (χ0v) is 12.8. The zero-order chi connectivity index (χ0) is 15.1. The topological polar surface area (TPSA) is 64.4 Å². The Balaban J connectivity index is 2.67. The molecule has 0 saturated carbocycles. The van der Waals surface area contributed by atoms with Gasteiger partial charge in [-0.1, -0.05) is 25.5 Å². The molecule has 0 saturated heterocycles. The molecule has 20 heavy (non-hydrogen) atoms. The van der Waals surface area contributed by atoms with E-state index in [9.17, 15) is 4.79 Å². The highest BCUT2D eigenvalue weighted by molar-refractivity contribution is 5.81. The molecule has 4 heteroatoms. The first-order valence-electron chi connectivity index (χ1n) is 7.26. The van der Waals surface area contributed by atoms with Gasteiger partial charge in [-0.25, -0.2) is 0 Å². The van der Waals surface area contributed by atoms with E-state index in [0.717, 1.165) is 17.7 Å². The van der Waals surface area contributed by atoms with Gasteiger partial charge in [0.1, 0.15) is 5.75 Å². The van der Waals surface area contributed by atoms with Crippen molar-refractivity contribution in [3.05, 3.63) is 29.8 Å². The lowest BCUT2D eigenvalue weighted by atomic mass is 10.1. The fourth-order valence-electron chi connectivity index (χ4n) is 1.98. The van der Waals surface area contributed by atoms with Crippen LogP contribution in [0, 0.1) is 0 Å². The van der Waals surface area contributed by atoms with Crippen molar-refractivity contribution in [2.75, 3.05) is 0 Å². The van der Waals surface area contributed by atoms with E-state index < -0.39 is 6.04 Å². The summed E-state index contributed by atoms with van der Waals surface area (Å²) in [5.41, 5.74) is 6.83. The van der Waals surface area contributed by atoms with Crippen molar-refractivity contribution in [1.29, 1.82) is 0 Å². The summed E-state index contributed by atoms with van der Waals surface area (Å²) in [4.78, 5) is 11.9. The van der Waals surface area contributed by atoms with Crippen molar-refractivity contribution in [2.45, 2.75) is 58.7 Å². The number of nitrogens with one attached hydrogen (secondary N) is 1. The fraction of sp³-hybridized carbons (Fsp3) is 0.562. The fourth-order valence-corrected chi connectivity index (χ4v) is 1.98. The number of hydrogen-bond donors (Lipinski definition) is 2. The standard InChI is InChI=1S/C16H26N2O2/c1-5-7-15(17)16(19)18-12(4)13-8-6-9-14(10-13)20-11(2)3/h6,8-12,15H,5,7,17H2,1-4H3,(H,18,19)/t12?,15-/m0/s1. The number of carbonyl (C=O) groups excluding carboxylic acids is 1. The van der Waals surface area contributed by atoms with Crippen LogP contribution >= 0.6 is 0 Å². The van der Waals surface area contributed by atoms with Crippen LogP contribution in [-0.4, -0.2) is 18.1 Å². The third kappa shape index (κ3) is 5.21. The minimum atomic E-state index is -0.433. The lowest BCUT2D eigenvalue weighted by molar-refractivity contribution is -0.123. The number of nitrogens with two attached hydrogens (primary N) is 1. The van der Waals surface area contributed by atoms with Crippen LogP contribution in [-0.2, 0) is 4.79 Å². The van der Waals surface area contributed by atoms with Crippen molar-refractivity contribution < 1.29 is 9.53 Å². The maximum atomic E-state index is 11.9. The maximum Gasteiger partial charge on any atom is 0.237 e. The van der Waals surface area contributed by atoms with Crippen LogP contribution in [0.15, 0.2) is 24.3 Å². The molecule has 0 aliphatic carbocycles. The molecular weight excluding hydrogens is 252 g/mol. The molecule has 1 aromatic rings. The quantitative estimate of drug-likeness (QED) is 0.806. The Morgan fingerprint density at radius 1 is 1.35 bits per heavy atom. The molecular formula is C16H26N2O2. The van der Waals surface area contributed by atoms with E-state index in [4.69, 9.17) is 10.5 Å². The maximum absolute atomic E-state index is 11.9. The van der Waals surface area contributed by atoms with Gasteiger partial charge in [0.15, 0.2) is 0 Å². The summed E-state index contributed by atoms with van der Waals surface area (Å²) < 4.78 is 5.66. The second kappa shape index (κ2) is 7.90. The van der Waals surface area contributed by atoms with Gasteiger partial charge in [-0.05, 0) is 44.9 Å². The van der Waals surface area contributed by atoms with Crippen LogP contribution in [0.5, 0.6) is 5.75 Å². The third-order valence-corrected chi connectivity index (χ3v) is 3.03. The molecule has 3 N–H and O–H groups in total. The van der Waals surface area contributed by atoms with Crippen molar-refractivity contribution in [3.63, 3.8) is 0 Å². The van der Waals surface area contributed by atoms with E-state index in [0.29, 0.717) is 6.42 Å². The zero-order valence-electron chi connectivity index (χ0n) is 12.8. The highest BCUT2D eigenvalue weighted by Gasteiger charge is 2.16. The monoisotopic (exact) mass is 278 g/mol. The Morgan fingerprint density at radius 3 is 2.65 bits per heavy atom. The van der Waals surface area contributed by atoms with Gasteiger partial charge >= 0.3 is 0 Å².